The number of nitrogens with zero attached hydrogens (tertiary/aromatic N) is 2. The molecule has 0 radical (unpaired) electrons. The van der Waals surface area contributed by atoms with Crippen LogP contribution in [0.15, 0.2) is 0 Å². The van der Waals surface area contributed by atoms with E-state index in [4.69, 9.17) is 16.3 Å². The van der Waals surface area contributed by atoms with Crippen LogP contribution in [0.2, 0.25) is 5.02 Å². The van der Waals surface area contributed by atoms with Crippen molar-refractivity contribution in [3.63, 3.8) is 0 Å². The lowest BCUT2D eigenvalue weighted by Gasteiger charge is -2.07. The number of hydrogen-bond donors (Lipinski definition) is 1. The molecular weight excluding hydrogens is 311 g/mol. The number of aromatic nitrogens is 2. The lowest BCUT2D eigenvalue weighted by molar-refractivity contribution is -0.143. The average Bonchev–Trinajstić information content (AvgIpc) is 2.63. The number of rotatable bonds is 6. The van der Waals surface area contributed by atoms with Crippen molar-refractivity contribution >= 4 is 17.5 Å². The second-order valence-electron chi connectivity index (χ2n) is 4.66. The summed E-state index contributed by atoms with van der Waals surface area (Å²) in [5.41, 5.74) is -1.58. The summed E-state index contributed by atoms with van der Waals surface area (Å²) in [6.07, 6.45) is -4.04. The van der Waals surface area contributed by atoms with Gasteiger partial charge in [0.15, 0.2) is 11.4 Å². The highest BCUT2D eigenvalue weighted by molar-refractivity contribution is 6.34. The second-order valence-corrected chi connectivity index (χ2v) is 5.04. The third-order valence-electron chi connectivity index (χ3n) is 2.53. The number of carbonyl (C=O) groups excluding carboxylic acids is 1. The summed E-state index contributed by atoms with van der Waals surface area (Å²) >= 11 is 5.60. The number of ether oxygens (including phenoxy) is 1. The molecule has 0 aliphatic heterocycles. The third-order valence-corrected chi connectivity index (χ3v) is 2.89. The molecule has 0 fully saturated rings. The first-order chi connectivity index (χ1) is 9.64. The van der Waals surface area contributed by atoms with Gasteiger partial charge in [-0.2, -0.15) is 18.3 Å². The molecule has 0 saturated heterocycles. The summed E-state index contributed by atoms with van der Waals surface area (Å²) in [6, 6.07) is 0. The van der Waals surface area contributed by atoms with Crippen molar-refractivity contribution in [1.29, 1.82) is 0 Å². The molecule has 0 aliphatic carbocycles. The van der Waals surface area contributed by atoms with E-state index in [1.165, 1.54) is 0 Å². The molecule has 0 aliphatic rings. The summed E-state index contributed by atoms with van der Waals surface area (Å²) < 4.78 is 44.0. The van der Waals surface area contributed by atoms with Gasteiger partial charge in [0, 0.05) is 20.2 Å². The largest absolute Gasteiger partial charge is 0.434 e. The van der Waals surface area contributed by atoms with Crippen LogP contribution in [0.4, 0.5) is 13.2 Å². The Labute approximate surface area is 125 Å². The van der Waals surface area contributed by atoms with E-state index in [0.717, 1.165) is 7.05 Å². The monoisotopic (exact) mass is 327 g/mol. The normalized spacial score (nSPS) is 12.0. The van der Waals surface area contributed by atoms with Gasteiger partial charge in [-0.1, -0.05) is 11.6 Å². The first-order valence-electron chi connectivity index (χ1n) is 6.34. The number of nitrogens with one attached hydrogen (secondary N) is 1. The zero-order valence-corrected chi connectivity index (χ0v) is 12.7. The molecule has 5 nitrogen and oxygen atoms in total. The zero-order valence-electron chi connectivity index (χ0n) is 11.9. The van der Waals surface area contributed by atoms with Crippen molar-refractivity contribution in [3.05, 3.63) is 16.4 Å². The van der Waals surface area contributed by atoms with Gasteiger partial charge in [0.05, 0.1) is 6.10 Å². The highest BCUT2D eigenvalue weighted by atomic mass is 35.5. The van der Waals surface area contributed by atoms with Gasteiger partial charge in [-0.25, -0.2) is 0 Å². The van der Waals surface area contributed by atoms with Crippen LogP contribution in [0.3, 0.4) is 0 Å². The number of alkyl halides is 3. The maximum Gasteiger partial charge on any atom is 0.434 e. The van der Waals surface area contributed by atoms with Gasteiger partial charge in [0.25, 0.3) is 5.91 Å². The van der Waals surface area contributed by atoms with Gasteiger partial charge in [0.1, 0.15) is 5.02 Å². The van der Waals surface area contributed by atoms with Crippen molar-refractivity contribution in [2.75, 3.05) is 13.2 Å². The number of hydrogen-bond acceptors (Lipinski definition) is 3. The molecule has 1 aromatic rings. The predicted octanol–water partition coefficient (Wildman–Crippen LogP) is 2.64. The maximum absolute atomic E-state index is 12.7. The van der Waals surface area contributed by atoms with E-state index in [2.05, 4.69) is 10.4 Å². The van der Waals surface area contributed by atoms with Crippen molar-refractivity contribution in [2.45, 2.75) is 32.5 Å². The van der Waals surface area contributed by atoms with Crippen LogP contribution in [-0.2, 0) is 18.0 Å². The van der Waals surface area contributed by atoms with Crippen LogP contribution in [0.1, 0.15) is 36.5 Å². The maximum atomic E-state index is 12.7. The van der Waals surface area contributed by atoms with Gasteiger partial charge in [-0.15, -0.1) is 0 Å². The molecule has 0 bridgehead atoms. The summed E-state index contributed by atoms with van der Waals surface area (Å²) in [5, 5.41) is 5.29. The fourth-order valence-electron chi connectivity index (χ4n) is 1.63. The van der Waals surface area contributed by atoms with E-state index in [0.29, 0.717) is 17.7 Å². The number of carbonyl (C=O) groups is 1. The van der Waals surface area contributed by atoms with E-state index in [9.17, 15) is 18.0 Å². The van der Waals surface area contributed by atoms with Crippen molar-refractivity contribution in [1.82, 2.24) is 15.1 Å². The van der Waals surface area contributed by atoms with E-state index in [-0.39, 0.29) is 12.6 Å². The minimum Gasteiger partial charge on any atom is -0.379 e. The second kappa shape index (κ2) is 7.13. The predicted molar refractivity (Wildman–Crippen MR) is 71.3 cm³/mol. The molecule has 120 valence electrons. The molecule has 1 amide bonds. The van der Waals surface area contributed by atoms with Crippen LogP contribution in [0.5, 0.6) is 0 Å². The quantitative estimate of drug-likeness (QED) is 0.817. The summed E-state index contributed by atoms with van der Waals surface area (Å²) in [7, 11) is 1.09. The van der Waals surface area contributed by atoms with E-state index >= 15 is 0 Å². The first-order valence-corrected chi connectivity index (χ1v) is 6.72. The van der Waals surface area contributed by atoms with Crippen LogP contribution < -0.4 is 5.32 Å². The van der Waals surface area contributed by atoms with Crippen LogP contribution in [0.25, 0.3) is 0 Å². The van der Waals surface area contributed by atoms with E-state index in [1.807, 2.05) is 13.8 Å². The van der Waals surface area contributed by atoms with Gasteiger partial charge in [-0.3, -0.25) is 9.48 Å². The minimum atomic E-state index is -4.66. The summed E-state index contributed by atoms with van der Waals surface area (Å²) in [6.45, 7) is 4.47. The number of aryl methyl sites for hydroxylation is 1. The van der Waals surface area contributed by atoms with Crippen LogP contribution >= 0.6 is 11.6 Å². The van der Waals surface area contributed by atoms with Crippen LogP contribution in [-0.4, -0.2) is 34.9 Å². The van der Waals surface area contributed by atoms with E-state index in [1.54, 1.807) is 0 Å². The summed E-state index contributed by atoms with van der Waals surface area (Å²) in [4.78, 5) is 11.8. The average molecular weight is 328 g/mol. The highest BCUT2D eigenvalue weighted by Crippen LogP contribution is 2.35. The molecule has 21 heavy (non-hydrogen) atoms. The standard InChI is InChI=1S/C12H17ClF3N3O2/c1-7(2)21-6-4-5-17-11(20)9-8(13)10(12(14,15)16)19(3)18-9/h7H,4-6H2,1-3H3,(H,17,20). The Morgan fingerprint density at radius 2 is 2.10 bits per heavy atom. The Morgan fingerprint density at radius 3 is 2.57 bits per heavy atom. The number of halogens is 4. The molecule has 0 aromatic carbocycles. The van der Waals surface area contributed by atoms with E-state index < -0.39 is 28.5 Å². The van der Waals surface area contributed by atoms with Crippen molar-refractivity contribution < 1.29 is 22.7 Å². The Morgan fingerprint density at radius 1 is 1.48 bits per heavy atom. The molecule has 0 saturated carbocycles. The van der Waals surface area contributed by atoms with Crippen molar-refractivity contribution in [3.8, 4) is 0 Å². The minimum absolute atomic E-state index is 0.0836. The third kappa shape index (κ3) is 4.89. The molecule has 9 heteroatoms. The molecule has 0 spiro atoms. The molecule has 0 atom stereocenters. The molecular formula is C12H17ClF3N3O2. The molecule has 1 aromatic heterocycles. The molecule has 1 N–H and O–H groups in total. The molecule has 0 unspecified atom stereocenters. The van der Waals surface area contributed by atoms with Gasteiger partial charge < -0.3 is 10.1 Å². The SMILES string of the molecule is CC(C)OCCCNC(=O)c1nn(C)c(C(F)(F)F)c1Cl. The zero-order chi connectivity index (χ0) is 16.2. The fraction of sp³-hybridized carbons (Fsp3) is 0.667. The topological polar surface area (TPSA) is 56.1 Å². The van der Waals surface area contributed by atoms with Crippen molar-refractivity contribution in [2.24, 2.45) is 7.05 Å². The smallest absolute Gasteiger partial charge is 0.379 e. The molecule has 1 heterocycles. The Hall–Kier alpha value is -1.28. The van der Waals surface area contributed by atoms with Gasteiger partial charge >= 0.3 is 6.18 Å². The lowest BCUT2D eigenvalue weighted by atomic mass is 10.3. The lowest BCUT2D eigenvalue weighted by Crippen LogP contribution is -2.26. The van der Waals surface area contributed by atoms with Gasteiger partial charge in [-0.05, 0) is 20.3 Å². The Kier molecular flexibility index (Phi) is 6.03. The fourth-order valence-corrected chi connectivity index (χ4v) is 1.98. The summed E-state index contributed by atoms with van der Waals surface area (Å²) in [5.74, 6) is -0.740. The molecule has 1 rings (SSSR count). The Balaban J connectivity index is 2.64. The van der Waals surface area contributed by atoms with Crippen LogP contribution in [0, 0.1) is 0 Å². The van der Waals surface area contributed by atoms with Gasteiger partial charge in [0.2, 0.25) is 0 Å². The first kappa shape index (κ1) is 17.8. The highest BCUT2D eigenvalue weighted by Gasteiger charge is 2.39. The number of amides is 1. The Bertz CT molecular complexity index is 501.